The molecular formula is C15H21BrN2. The second-order valence-electron chi connectivity index (χ2n) is 5.50. The zero-order valence-corrected chi connectivity index (χ0v) is 12.3. The van der Waals surface area contributed by atoms with E-state index in [-0.39, 0.29) is 0 Å². The van der Waals surface area contributed by atoms with E-state index in [9.17, 15) is 0 Å². The minimum Gasteiger partial charge on any atom is -0.314 e. The fraction of sp³-hybridized carbons (Fsp3) is 0.600. The number of halogens is 1. The van der Waals surface area contributed by atoms with Crippen LogP contribution in [0.1, 0.15) is 30.9 Å². The van der Waals surface area contributed by atoms with Crippen LogP contribution >= 0.6 is 15.9 Å². The average Bonchev–Trinajstić information content (AvgIpc) is 3.22. The first kappa shape index (κ1) is 12.6. The zero-order valence-electron chi connectivity index (χ0n) is 10.7. The van der Waals surface area contributed by atoms with Crippen molar-refractivity contribution >= 4 is 15.9 Å². The molecular weight excluding hydrogens is 288 g/mol. The summed E-state index contributed by atoms with van der Waals surface area (Å²) in [7, 11) is 0. The molecule has 1 saturated heterocycles. The highest BCUT2D eigenvalue weighted by Gasteiger charge is 2.31. The lowest BCUT2D eigenvalue weighted by molar-refractivity contribution is 0.160. The normalized spacial score (nSPS) is 22.9. The van der Waals surface area contributed by atoms with Gasteiger partial charge in [0, 0.05) is 36.7 Å². The van der Waals surface area contributed by atoms with Crippen LogP contribution in [0.4, 0.5) is 0 Å². The smallest absolute Gasteiger partial charge is 0.0363 e. The summed E-state index contributed by atoms with van der Waals surface area (Å²) < 4.78 is 1.27. The summed E-state index contributed by atoms with van der Waals surface area (Å²) in [6.07, 6.45) is 4.21. The molecule has 1 aliphatic heterocycles. The first-order valence-corrected chi connectivity index (χ1v) is 7.83. The monoisotopic (exact) mass is 308 g/mol. The Labute approximate surface area is 118 Å². The van der Waals surface area contributed by atoms with Gasteiger partial charge in [-0.25, -0.2) is 0 Å². The van der Waals surface area contributed by atoms with Crippen molar-refractivity contribution in [1.29, 1.82) is 0 Å². The molecule has 98 valence electrons. The van der Waals surface area contributed by atoms with E-state index in [2.05, 4.69) is 50.4 Å². The number of nitrogens with one attached hydrogen (secondary N) is 1. The van der Waals surface area contributed by atoms with E-state index in [1.54, 1.807) is 0 Å². The van der Waals surface area contributed by atoms with Crippen molar-refractivity contribution in [2.24, 2.45) is 5.92 Å². The van der Waals surface area contributed by atoms with Crippen LogP contribution in [0.5, 0.6) is 0 Å². The van der Waals surface area contributed by atoms with Gasteiger partial charge in [-0.15, -0.1) is 0 Å². The highest BCUT2D eigenvalue weighted by atomic mass is 79.9. The van der Waals surface area contributed by atoms with Crippen LogP contribution in [-0.2, 0) is 0 Å². The van der Waals surface area contributed by atoms with Crippen LogP contribution in [0.15, 0.2) is 28.7 Å². The lowest BCUT2D eigenvalue weighted by Crippen LogP contribution is -2.45. The Bertz CT molecular complexity index is 397. The van der Waals surface area contributed by atoms with Crippen molar-refractivity contribution in [1.82, 2.24) is 10.2 Å². The molecule has 2 fully saturated rings. The van der Waals surface area contributed by atoms with Gasteiger partial charge >= 0.3 is 0 Å². The highest BCUT2D eigenvalue weighted by molar-refractivity contribution is 9.10. The molecule has 2 aliphatic rings. The van der Waals surface area contributed by atoms with Crippen LogP contribution < -0.4 is 5.32 Å². The molecule has 3 heteroatoms. The summed E-state index contributed by atoms with van der Waals surface area (Å²) in [6.45, 7) is 4.62. The van der Waals surface area contributed by atoms with Gasteiger partial charge in [0.25, 0.3) is 0 Å². The maximum Gasteiger partial charge on any atom is 0.0363 e. The maximum absolute atomic E-state index is 3.73. The first-order chi connectivity index (χ1) is 8.84. The third-order valence-corrected chi connectivity index (χ3v) is 4.83. The molecule has 0 amide bonds. The quantitative estimate of drug-likeness (QED) is 0.919. The number of benzene rings is 1. The van der Waals surface area contributed by atoms with E-state index < -0.39 is 0 Å². The minimum absolute atomic E-state index is 0.607. The van der Waals surface area contributed by atoms with Crippen molar-refractivity contribution in [2.45, 2.75) is 25.3 Å². The zero-order chi connectivity index (χ0) is 12.4. The number of rotatable bonds is 4. The molecule has 0 aromatic heterocycles. The van der Waals surface area contributed by atoms with Crippen LogP contribution in [0, 0.1) is 5.92 Å². The molecule has 1 heterocycles. The van der Waals surface area contributed by atoms with Crippen molar-refractivity contribution in [3.8, 4) is 0 Å². The van der Waals surface area contributed by atoms with Gasteiger partial charge < -0.3 is 5.32 Å². The van der Waals surface area contributed by atoms with Gasteiger partial charge in [-0.2, -0.15) is 0 Å². The summed E-state index contributed by atoms with van der Waals surface area (Å²) in [6, 6.07) is 9.35. The molecule has 1 saturated carbocycles. The molecule has 2 nitrogen and oxygen atoms in total. The summed E-state index contributed by atoms with van der Waals surface area (Å²) in [4.78, 5) is 2.66. The molecule has 0 radical (unpaired) electrons. The molecule has 0 spiro atoms. The molecule has 1 aromatic carbocycles. The van der Waals surface area contributed by atoms with E-state index in [4.69, 9.17) is 0 Å². The van der Waals surface area contributed by atoms with Crippen molar-refractivity contribution in [3.63, 3.8) is 0 Å². The standard InChI is InChI=1S/C15H21BrN2/c16-14-4-2-1-3-13(14)15(11-12-5-6-12)18-9-7-17-8-10-18/h1-4,12,15,17H,5-11H2/t15-/m1/s1. The van der Waals surface area contributed by atoms with Gasteiger partial charge in [0.05, 0.1) is 0 Å². The second kappa shape index (κ2) is 5.72. The third-order valence-electron chi connectivity index (χ3n) is 4.11. The van der Waals surface area contributed by atoms with Gasteiger partial charge in [0.1, 0.15) is 0 Å². The van der Waals surface area contributed by atoms with Gasteiger partial charge in [-0.1, -0.05) is 47.0 Å². The van der Waals surface area contributed by atoms with Gasteiger partial charge in [-0.05, 0) is 24.0 Å². The predicted molar refractivity (Wildman–Crippen MR) is 78.7 cm³/mol. The SMILES string of the molecule is Brc1ccccc1[C@@H](CC1CC1)N1CCNCC1. The molecule has 0 bridgehead atoms. The lowest BCUT2D eigenvalue weighted by Gasteiger charge is -2.36. The van der Waals surface area contributed by atoms with Gasteiger partial charge in [-0.3, -0.25) is 4.90 Å². The van der Waals surface area contributed by atoms with E-state index >= 15 is 0 Å². The van der Waals surface area contributed by atoms with E-state index in [1.807, 2.05) is 0 Å². The summed E-state index contributed by atoms with van der Waals surface area (Å²) in [5.74, 6) is 0.969. The van der Waals surface area contributed by atoms with Crippen molar-refractivity contribution in [3.05, 3.63) is 34.3 Å². The van der Waals surface area contributed by atoms with Crippen LogP contribution in [0.25, 0.3) is 0 Å². The Morgan fingerprint density at radius 1 is 1.22 bits per heavy atom. The van der Waals surface area contributed by atoms with Gasteiger partial charge in [0.2, 0.25) is 0 Å². The Kier molecular flexibility index (Phi) is 4.02. The summed E-state index contributed by atoms with van der Waals surface area (Å²) in [5.41, 5.74) is 1.48. The fourth-order valence-electron chi connectivity index (χ4n) is 2.88. The number of piperazine rings is 1. The summed E-state index contributed by atoms with van der Waals surface area (Å²) in [5, 5.41) is 3.45. The Morgan fingerprint density at radius 3 is 2.61 bits per heavy atom. The predicted octanol–water partition coefficient (Wildman–Crippen LogP) is 3.20. The molecule has 1 aromatic rings. The van der Waals surface area contributed by atoms with Crippen molar-refractivity contribution in [2.75, 3.05) is 26.2 Å². The third kappa shape index (κ3) is 2.95. The Balaban J connectivity index is 1.81. The second-order valence-corrected chi connectivity index (χ2v) is 6.36. The maximum atomic E-state index is 3.73. The summed E-state index contributed by atoms with van der Waals surface area (Å²) >= 11 is 3.73. The highest BCUT2D eigenvalue weighted by Crippen LogP contribution is 2.41. The average molecular weight is 309 g/mol. The molecule has 1 aliphatic carbocycles. The topological polar surface area (TPSA) is 15.3 Å². The fourth-order valence-corrected chi connectivity index (χ4v) is 3.43. The van der Waals surface area contributed by atoms with Crippen LogP contribution in [0.3, 0.4) is 0 Å². The van der Waals surface area contributed by atoms with Crippen LogP contribution in [-0.4, -0.2) is 31.1 Å². The van der Waals surface area contributed by atoms with Crippen LogP contribution in [0.2, 0.25) is 0 Å². The van der Waals surface area contributed by atoms with E-state index in [1.165, 1.54) is 42.4 Å². The Morgan fingerprint density at radius 2 is 1.94 bits per heavy atom. The van der Waals surface area contributed by atoms with E-state index in [0.29, 0.717) is 6.04 Å². The van der Waals surface area contributed by atoms with E-state index in [0.717, 1.165) is 19.0 Å². The first-order valence-electron chi connectivity index (χ1n) is 7.04. The molecule has 1 atom stereocenters. The number of nitrogens with zero attached hydrogens (tertiary/aromatic N) is 1. The lowest BCUT2D eigenvalue weighted by atomic mass is 9.99. The molecule has 3 rings (SSSR count). The molecule has 18 heavy (non-hydrogen) atoms. The largest absolute Gasteiger partial charge is 0.314 e. The van der Waals surface area contributed by atoms with Gasteiger partial charge in [0.15, 0.2) is 0 Å². The molecule has 0 unspecified atom stereocenters. The molecule has 1 N–H and O–H groups in total. The number of hydrogen-bond acceptors (Lipinski definition) is 2. The van der Waals surface area contributed by atoms with Crippen molar-refractivity contribution < 1.29 is 0 Å². The minimum atomic E-state index is 0.607. The Hall–Kier alpha value is -0.380. The number of hydrogen-bond donors (Lipinski definition) is 1.